The highest BCUT2D eigenvalue weighted by Crippen LogP contribution is 2.17. The van der Waals surface area contributed by atoms with E-state index in [1.165, 1.54) is 12.1 Å². The molecule has 1 unspecified atom stereocenters. The fourth-order valence-corrected chi connectivity index (χ4v) is 1.42. The maximum atomic E-state index is 13.5. The van der Waals surface area contributed by atoms with Crippen LogP contribution in [-0.4, -0.2) is 31.0 Å². The second-order valence-electron chi connectivity index (χ2n) is 4.40. The lowest BCUT2D eigenvalue weighted by molar-refractivity contribution is 0.0357. The second kappa shape index (κ2) is 6.34. The van der Waals surface area contributed by atoms with Gasteiger partial charge in [0.05, 0.1) is 22.9 Å². The Morgan fingerprint density at radius 2 is 2.28 bits per heavy atom. The molecule has 0 aliphatic rings. The monoisotopic (exact) mass is 252 g/mol. The Balaban J connectivity index is 2.61. The Morgan fingerprint density at radius 3 is 2.83 bits per heavy atom. The van der Waals surface area contributed by atoms with E-state index in [9.17, 15) is 9.50 Å². The SMILES string of the molecule is COCCC(C)(O)CNc1ccc(C#N)cc1F. The minimum atomic E-state index is -0.976. The molecule has 0 amide bonds. The van der Waals surface area contributed by atoms with Gasteiger partial charge >= 0.3 is 0 Å². The Labute approximate surface area is 106 Å². The molecule has 0 saturated heterocycles. The number of hydrogen-bond acceptors (Lipinski definition) is 4. The fourth-order valence-electron chi connectivity index (χ4n) is 1.42. The fraction of sp³-hybridized carbons (Fsp3) is 0.462. The first kappa shape index (κ1) is 14.4. The average molecular weight is 252 g/mol. The van der Waals surface area contributed by atoms with Crippen molar-refractivity contribution in [3.8, 4) is 6.07 Å². The predicted octanol–water partition coefficient (Wildman–Crippen LogP) is 1.90. The van der Waals surface area contributed by atoms with Crippen molar-refractivity contribution in [3.05, 3.63) is 29.6 Å². The summed E-state index contributed by atoms with van der Waals surface area (Å²) in [5.74, 6) is -0.503. The molecule has 0 fully saturated rings. The van der Waals surface area contributed by atoms with Gasteiger partial charge in [0.2, 0.25) is 0 Å². The van der Waals surface area contributed by atoms with E-state index in [0.29, 0.717) is 13.0 Å². The van der Waals surface area contributed by atoms with Gasteiger partial charge in [-0.25, -0.2) is 4.39 Å². The molecular formula is C13H17FN2O2. The van der Waals surface area contributed by atoms with Crippen LogP contribution in [-0.2, 0) is 4.74 Å². The van der Waals surface area contributed by atoms with Crippen molar-refractivity contribution in [2.75, 3.05) is 25.6 Å². The molecule has 0 bridgehead atoms. The molecule has 0 radical (unpaired) electrons. The van der Waals surface area contributed by atoms with Crippen molar-refractivity contribution in [2.24, 2.45) is 0 Å². The second-order valence-corrected chi connectivity index (χ2v) is 4.40. The summed E-state index contributed by atoms with van der Waals surface area (Å²) in [5.41, 5.74) is -0.438. The maximum absolute atomic E-state index is 13.5. The van der Waals surface area contributed by atoms with E-state index in [-0.39, 0.29) is 17.8 Å². The van der Waals surface area contributed by atoms with Gasteiger partial charge < -0.3 is 15.2 Å². The molecule has 0 spiro atoms. The van der Waals surface area contributed by atoms with Crippen molar-refractivity contribution >= 4 is 5.69 Å². The van der Waals surface area contributed by atoms with Crippen molar-refractivity contribution in [1.82, 2.24) is 0 Å². The van der Waals surface area contributed by atoms with Gasteiger partial charge in [-0.2, -0.15) is 5.26 Å². The van der Waals surface area contributed by atoms with Crippen LogP contribution < -0.4 is 5.32 Å². The average Bonchev–Trinajstić information content (AvgIpc) is 2.35. The number of benzene rings is 1. The van der Waals surface area contributed by atoms with Crippen LogP contribution in [0.3, 0.4) is 0 Å². The number of hydrogen-bond donors (Lipinski definition) is 2. The normalized spacial score (nSPS) is 13.7. The van der Waals surface area contributed by atoms with Gasteiger partial charge in [-0.1, -0.05) is 0 Å². The van der Waals surface area contributed by atoms with E-state index in [1.54, 1.807) is 14.0 Å². The van der Waals surface area contributed by atoms with E-state index in [2.05, 4.69) is 5.32 Å². The smallest absolute Gasteiger partial charge is 0.147 e. The molecule has 2 N–H and O–H groups in total. The standard InChI is InChI=1S/C13H17FN2O2/c1-13(17,5-6-18-2)9-16-12-4-3-10(8-15)7-11(12)14/h3-4,7,16-17H,5-6,9H2,1-2H3. The van der Waals surface area contributed by atoms with E-state index in [4.69, 9.17) is 10.00 Å². The minimum absolute atomic E-state index is 0.208. The van der Waals surface area contributed by atoms with Gasteiger partial charge in [0.1, 0.15) is 5.82 Å². The summed E-state index contributed by atoms with van der Waals surface area (Å²) in [6.07, 6.45) is 0.453. The number of nitrogens with one attached hydrogen (secondary N) is 1. The van der Waals surface area contributed by atoms with Crippen LogP contribution in [0.25, 0.3) is 0 Å². The lowest BCUT2D eigenvalue weighted by atomic mass is 10.0. The number of methoxy groups -OCH3 is 1. The Morgan fingerprint density at radius 1 is 1.56 bits per heavy atom. The molecule has 1 aromatic carbocycles. The lowest BCUT2D eigenvalue weighted by Crippen LogP contribution is -2.34. The zero-order chi connectivity index (χ0) is 13.6. The molecule has 1 atom stereocenters. The summed E-state index contributed by atoms with van der Waals surface area (Å²) in [6, 6.07) is 6.03. The summed E-state index contributed by atoms with van der Waals surface area (Å²) in [5, 5.41) is 21.4. The Hall–Kier alpha value is -1.64. The maximum Gasteiger partial charge on any atom is 0.147 e. The molecule has 0 aromatic heterocycles. The van der Waals surface area contributed by atoms with Crippen LogP contribution in [0.2, 0.25) is 0 Å². The zero-order valence-corrected chi connectivity index (χ0v) is 10.5. The van der Waals surface area contributed by atoms with Gasteiger partial charge in [-0.15, -0.1) is 0 Å². The number of ether oxygens (including phenoxy) is 1. The lowest BCUT2D eigenvalue weighted by Gasteiger charge is -2.24. The molecule has 5 heteroatoms. The summed E-state index contributed by atoms with van der Waals surface area (Å²) in [4.78, 5) is 0. The zero-order valence-electron chi connectivity index (χ0n) is 10.5. The molecule has 0 aliphatic carbocycles. The number of halogens is 1. The van der Waals surface area contributed by atoms with Crippen LogP contribution >= 0.6 is 0 Å². The van der Waals surface area contributed by atoms with Crippen molar-refractivity contribution in [3.63, 3.8) is 0 Å². The van der Waals surface area contributed by atoms with E-state index in [0.717, 1.165) is 6.07 Å². The summed E-state index contributed by atoms with van der Waals surface area (Å²) >= 11 is 0. The molecule has 0 saturated carbocycles. The molecule has 18 heavy (non-hydrogen) atoms. The van der Waals surface area contributed by atoms with Crippen LogP contribution in [0.1, 0.15) is 18.9 Å². The molecule has 4 nitrogen and oxygen atoms in total. The van der Waals surface area contributed by atoms with Gasteiger partial charge in [-0.05, 0) is 25.1 Å². The van der Waals surface area contributed by atoms with E-state index >= 15 is 0 Å². The third kappa shape index (κ3) is 4.32. The molecule has 1 rings (SSSR count). The highest BCUT2D eigenvalue weighted by molar-refractivity contribution is 5.48. The third-order valence-electron chi connectivity index (χ3n) is 2.60. The van der Waals surface area contributed by atoms with Gasteiger partial charge in [0.25, 0.3) is 0 Å². The highest BCUT2D eigenvalue weighted by atomic mass is 19.1. The summed E-state index contributed by atoms with van der Waals surface area (Å²) < 4.78 is 18.4. The Bertz CT molecular complexity index is 441. The van der Waals surface area contributed by atoms with Gasteiger partial charge in [0.15, 0.2) is 0 Å². The summed E-state index contributed by atoms with van der Waals surface area (Å²) in [6.45, 7) is 2.30. The molecule has 98 valence electrons. The third-order valence-corrected chi connectivity index (χ3v) is 2.60. The van der Waals surface area contributed by atoms with Crippen LogP contribution in [0.5, 0.6) is 0 Å². The molecule has 0 aliphatic heterocycles. The number of nitriles is 1. The van der Waals surface area contributed by atoms with Crippen LogP contribution in [0.4, 0.5) is 10.1 Å². The van der Waals surface area contributed by atoms with Crippen molar-refractivity contribution < 1.29 is 14.2 Å². The summed E-state index contributed by atoms with van der Waals surface area (Å²) in [7, 11) is 1.56. The van der Waals surface area contributed by atoms with Crippen LogP contribution in [0.15, 0.2) is 18.2 Å². The molecular weight excluding hydrogens is 235 g/mol. The minimum Gasteiger partial charge on any atom is -0.388 e. The van der Waals surface area contributed by atoms with Crippen molar-refractivity contribution in [1.29, 1.82) is 5.26 Å². The van der Waals surface area contributed by atoms with Gasteiger partial charge in [-0.3, -0.25) is 0 Å². The first-order valence-corrected chi connectivity index (χ1v) is 5.63. The van der Waals surface area contributed by atoms with Crippen LogP contribution in [0, 0.1) is 17.1 Å². The number of nitrogens with zero attached hydrogens (tertiary/aromatic N) is 1. The largest absolute Gasteiger partial charge is 0.388 e. The topological polar surface area (TPSA) is 65.3 Å². The number of anilines is 1. The molecule has 0 heterocycles. The number of rotatable bonds is 6. The number of aliphatic hydroxyl groups is 1. The highest BCUT2D eigenvalue weighted by Gasteiger charge is 2.20. The van der Waals surface area contributed by atoms with Crippen molar-refractivity contribution in [2.45, 2.75) is 18.9 Å². The Kier molecular flexibility index (Phi) is 5.08. The predicted molar refractivity (Wildman–Crippen MR) is 66.7 cm³/mol. The quantitative estimate of drug-likeness (QED) is 0.811. The molecule has 1 aromatic rings. The van der Waals surface area contributed by atoms with Gasteiger partial charge in [0, 0.05) is 26.7 Å². The first-order valence-electron chi connectivity index (χ1n) is 5.63. The van der Waals surface area contributed by atoms with E-state index < -0.39 is 11.4 Å². The van der Waals surface area contributed by atoms with E-state index in [1.807, 2.05) is 6.07 Å². The first-order chi connectivity index (χ1) is 8.48.